The second kappa shape index (κ2) is 11.4. The third-order valence-corrected chi connectivity index (χ3v) is 8.93. The van der Waals surface area contributed by atoms with Crippen molar-refractivity contribution < 1.29 is 29.0 Å². The van der Waals surface area contributed by atoms with Gasteiger partial charge >= 0.3 is 5.97 Å². The van der Waals surface area contributed by atoms with E-state index in [9.17, 15) is 19.5 Å². The van der Waals surface area contributed by atoms with Crippen LogP contribution >= 0.6 is 0 Å². The van der Waals surface area contributed by atoms with Gasteiger partial charge in [-0.3, -0.25) is 14.4 Å². The first kappa shape index (κ1) is 31.3. The van der Waals surface area contributed by atoms with Gasteiger partial charge in [0.1, 0.15) is 17.6 Å². The molecule has 0 saturated carbocycles. The van der Waals surface area contributed by atoms with E-state index >= 15 is 0 Å². The number of likely N-dealkylation sites (tertiary alicyclic amines) is 1. The van der Waals surface area contributed by atoms with Gasteiger partial charge in [0, 0.05) is 25.2 Å². The van der Waals surface area contributed by atoms with Crippen molar-refractivity contribution >= 4 is 17.8 Å². The second-order valence-corrected chi connectivity index (χ2v) is 13.7. The van der Waals surface area contributed by atoms with Crippen LogP contribution in [0.25, 0.3) is 0 Å². The molecule has 3 fully saturated rings. The molecule has 2 amide bonds. The predicted octanol–water partition coefficient (Wildman–Crippen LogP) is 4.12. The summed E-state index contributed by atoms with van der Waals surface area (Å²) in [4.78, 5) is 45.7. The van der Waals surface area contributed by atoms with E-state index in [0.29, 0.717) is 25.8 Å². The van der Waals surface area contributed by atoms with Crippen LogP contribution in [0.3, 0.4) is 0 Å². The van der Waals surface area contributed by atoms with Gasteiger partial charge in [0.15, 0.2) is 0 Å². The number of hydrogen-bond donors (Lipinski definition) is 1. The summed E-state index contributed by atoms with van der Waals surface area (Å²) in [7, 11) is 0. The van der Waals surface area contributed by atoms with Crippen LogP contribution in [0.5, 0.6) is 0 Å². The number of aliphatic hydroxyl groups excluding tert-OH is 1. The number of hydrogen-bond acceptors (Lipinski definition) is 6. The van der Waals surface area contributed by atoms with Crippen molar-refractivity contribution in [3.63, 3.8) is 0 Å². The number of ether oxygens (including phenoxy) is 2. The molecule has 8 nitrogen and oxygen atoms in total. The van der Waals surface area contributed by atoms with E-state index in [1.54, 1.807) is 17.1 Å². The Bertz CT molecular complexity index is 971. The first-order valence-electron chi connectivity index (χ1n) is 14.4. The van der Waals surface area contributed by atoms with Crippen LogP contribution in [0.2, 0.25) is 0 Å². The zero-order valence-electron chi connectivity index (χ0n) is 25.1. The smallest absolute Gasteiger partial charge is 0.312 e. The molecule has 0 aliphatic carbocycles. The highest BCUT2D eigenvalue weighted by atomic mass is 16.6. The van der Waals surface area contributed by atoms with E-state index in [0.717, 1.165) is 12.8 Å². The van der Waals surface area contributed by atoms with E-state index in [4.69, 9.17) is 9.47 Å². The number of esters is 1. The minimum atomic E-state index is -1.14. The number of rotatable bonds is 13. The number of unbranched alkanes of at least 4 members (excludes halogenated alkanes) is 1. The summed E-state index contributed by atoms with van der Waals surface area (Å²) < 4.78 is 12.5. The molecule has 1 spiro atoms. The summed E-state index contributed by atoms with van der Waals surface area (Å²) in [6, 6.07) is -0.899. The highest BCUT2D eigenvalue weighted by molar-refractivity contribution is 5.98. The molecule has 1 N–H and O–H groups in total. The molecule has 0 radical (unpaired) electrons. The van der Waals surface area contributed by atoms with Gasteiger partial charge in [0.2, 0.25) is 11.8 Å². The number of carbonyl (C=O) groups excluding carboxylic acids is 3. The molecule has 3 unspecified atom stereocenters. The Labute approximate surface area is 234 Å². The maximum atomic E-state index is 14.7. The Kier molecular flexibility index (Phi) is 9.13. The van der Waals surface area contributed by atoms with Gasteiger partial charge in [-0.2, -0.15) is 0 Å². The van der Waals surface area contributed by atoms with E-state index in [2.05, 4.69) is 33.9 Å². The molecular formula is C31H50N2O6. The van der Waals surface area contributed by atoms with Crippen LogP contribution in [-0.4, -0.2) is 81.8 Å². The van der Waals surface area contributed by atoms with Crippen LogP contribution in [-0.2, 0) is 23.9 Å². The molecule has 0 aromatic rings. The Hall–Kier alpha value is -2.19. The maximum absolute atomic E-state index is 14.7. The molecule has 2 bridgehead atoms. The van der Waals surface area contributed by atoms with Gasteiger partial charge in [-0.05, 0) is 64.2 Å². The number of fused-ring (bicyclic) bond motifs is 1. The Balaban J connectivity index is 2.07. The SMILES string of the molecule is C=CCCCOC(=O)[C@@H]1[C@H]2C(=O)N(CCCO)C(C(=O)N(CC=C)C(C)(C)CC(C)(C)C)C23CC(C)[C@@]1(C)O3. The van der Waals surface area contributed by atoms with Crippen molar-refractivity contribution in [1.82, 2.24) is 9.80 Å². The molecule has 8 heteroatoms. The lowest BCUT2D eigenvalue weighted by atomic mass is 9.62. The molecule has 3 aliphatic rings. The normalized spacial score (nSPS) is 31.8. The van der Waals surface area contributed by atoms with Crippen LogP contribution < -0.4 is 0 Å². The van der Waals surface area contributed by atoms with Crippen molar-refractivity contribution in [2.75, 3.05) is 26.3 Å². The fraction of sp³-hybridized carbons (Fsp3) is 0.774. The third kappa shape index (κ3) is 5.56. The van der Waals surface area contributed by atoms with Crippen molar-refractivity contribution in [2.24, 2.45) is 23.2 Å². The molecular weight excluding hydrogens is 496 g/mol. The predicted molar refractivity (Wildman–Crippen MR) is 151 cm³/mol. The van der Waals surface area contributed by atoms with E-state index in [1.807, 2.05) is 32.6 Å². The number of nitrogens with zero attached hydrogens (tertiary/aromatic N) is 2. The van der Waals surface area contributed by atoms with Gasteiger partial charge in [-0.15, -0.1) is 13.2 Å². The number of carbonyl (C=O) groups is 3. The largest absolute Gasteiger partial charge is 0.465 e. The van der Waals surface area contributed by atoms with Gasteiger partial charge in [0.05, 0.1) is 18.1 Å². The van der Waals surface area contributed by atoms with Crippen molar-refractivity contribution in [3.8, 4) is 0 Å². The maximum Gasteiger partial charge on any atom is 0.312 e. The average molecular weight is 547 g/mol. The monoisotopic (exact) mass is 546 g/mol. The lowest BCUT2D eigenvalue weighted by Gasteiger charge is -2.45. The van der Waals surface area contributed by atoms with E-state index in [1.165, 1.54) is 0 Å². The van der Waals surface area contributed by atoms with Crippen LogP contribution in [0.4, 0.5) is 0 Å². The van der Waals surface area contributed by atoms with Gasteiger partial charge in [-0.25, -0.2) is 0 Å². The standard InChI is InChI=1S/C31H50N2O6/c1-10-12-13-18-38-27(37)23-22-25(35)32(16-14-17-34)24(31(22)19-21(3)30(23,9)39-31)26(36)33(15-11-2)29(7,8)20-28(4,5)6/h10-11,21-24,34H,1-2,12-20H2,3-9H3/t21?,22-,23-,24?,30+,31?/m0/s1. The Morgan fingerprint density at radius 1 is 1.21 bits per heavy atom. The van der Waals surface area contributed by atoms with Crippen molar-refractivity contribution in [3.05, 3.63) is 25.3 Å². The molecule has 3 heterocycles. The lowest BCUT2D eigenvalue weighted by molar-refractivity contribution is -0.163. The zero-order valence-corrected chi connectivity index (χ0v) is 25.1. The lowest BCUT2D eigenvalue weighted by Crippen LogP contribution is -2.61. The molecule has 3 rings (SSSR count). The molecule has 39 heavy (non-hydrogen) atoms. The van der Waals surface area contributed by atoms with Gasteiger partial charge in [-0.1, -0.05) is 39.8 Å². The first-order chi connectivity index (χ1) is 18.1. The highest BCUT2D eigenvalue weighted by Gasteiger charge is 2.80. The molecule has 6 atom stereocenters. The Morgan fingerprint density at radius 3 is 2.44 bits per heavy atom. The molecule has 0 aromatic heterocycles. The molecule has 3 saturated heterocycles. The quantitative estimate of drug-likeness (QED) is 0.212. The molecule has 3 aliphatic heterocycles. The minimum absolute atomic E-state index is 0.0448. The third-order valence-electron chi connectivity index (χ3n) is 8.93. The van der Waals surface area contributed by atoms with E-state index < -0.39 is 40.6 Å². The molecule has 0 aromatic carbocycles. The van der Waals surface area contributed by atoms with Gasteiger partial charge in [0.25, 0.3) is 0 Å². The fourth-order valence-electron chi connectivity index (χ4n) is 7.65. The van der Waals surface area contributed by atoms with E-state index in [-0.39, 0.29) is 42.9 Å². The number of amides is 2. The van der Waals surface area contributed by atoms with Crippen molar-refractivity contribution in [2.45, 2.75) is 103 Å². The van der Waals surface area contributed by atoms with Crippen LogP contribution in [0.15, 0.2) is 25.3 Å². The molecule has 220 valence electrons. The van der Waals surface area contributed by atoms with Crippen molar-refractivity contribution in [1.29, 1.82) is 0 Å². The number of aliphatic hydroxyl groups is 1. The summed E-state index contributed by atoms with van der Waals surface area (Å²) in [5.41, 5.74) is -2.63. The summed E-state index contributed by atoms with van der Waals surface area (Å²) in [6.07, 6.45) is 6.43. The average Bonchev–Trinajstić information content (AvgIpc) is 3.33. The summed E-state index contributed by atoms with van der Waals surface area (Å²) in [5, 5.41) is 9.63. The first-order valence-corrected chi connectivity index (χ1v) is 14.4. The zero-order chi connectivity index (χ0) is 29.4. The summed E-state index contributed by atoms with van der Waals surface area (Å²) in [5.74, 6) is -2.58. The summed E-state index contributed by atoms with van der Waals surface area (Å²) in [6.45, 7) is 22.7. The summed E-state index contributed by atoms with van der Waals surface area (Å²) >= 11 is 0. The Morgan fingerprint density at radius 2 is 1.87 bits per heavy atom. The number of allylic oxidation sites excluding steroid dienone is 1. The minimum Gasteiger partial charge on any atom is -0.465 e. The topological polar surface area (TPSA) is 96.4 Å². The fourth-order valence-corrected chi connectivity index (χ4v) is 7.65. The van der Waals surface area contributed by atoms with Crippen LogP contribution in [0.1, 0.15) is 80.6 Å². The van der Waals surface area contributed by atoms with Crippen LogP contribution in [0, 0.1) is 23.2 Å². The highest BCUT2D eigenvalue weighted by Crippen LogP contribution is 2.65. The second-order valence-electron chi connectivity index (χ2n) is 13.7. The van der Waals surface area contributed by atoms with Gasteiger partial charge < -0.3 is 24.4 Å².